The highest BCUT2D eigenvalue weighted by Crippen LogP contribution is 2.36. The van der Waals surface area contributed by atoms with Crippen molar-refractivity contribution in [2.24, 2.45) is 0 Å². The number of piperidine rings is 1. The summed E-state index contributed by atoms with van der Waals surface area (Å²) in [5, 5.41) is 5.55. The maximum absolute atomic E-state index is 5.59. The molecule has 1 fully saturated rings. The molecule has 1 aliphatic rings. The lowest BCUT2D eigenvalue weighted by Crippen LogP contribution is -2.32. The third-order valence-electron chi connectivity index (χ3n) is 5.19. The number of hydrogen-bond acceptors (Lipinski definition) is 5. The quantitative estimate of drug-likeness (QED) is 0.460. The van der Waals surface area contributed by atoms with E-state index in [1.54, 1.807) is 0 Å². The van der Waals surface area contributed by atoms with Gasteiger partial charge in [0.1, 0.15) is 5.01 Å². The molecule has 136 valence electrons. The summed E-state index contributed by atoms with van der Waals surface area (Å²) in [5.41, 5.74) is 3.16. The second-order valence-electron chi connectivity index (χ2n) is 7.05. The smallest absolute Gasteiger partial charge is 0.167 e. The second kappa shape index (κ2) is 7.25. The van der Waals surface area contributed by atoms with Gasteiger partial charge < -0.3 is 4.52 Å². The Morgan fingerprint density at radius 1 is 1.04 bits per heavy atom. The molecule has 1 atom stereocenters. The molecule has 2 aromatic carbocycles. The van der Waals surface area contributed by atoms with E-state index in [1.165, 1.54) is 22.5 Å². The van der Waals surface area contributed by atoms with Crippen molar-refractivity contribution in [3.05, 3.63) is 71.4 Å². The van der Waals surface area contributed by atoms with Gasteiger partial charge in [-0.15, -0.1) is 11.3 Å². The molecular formula is C22H21N3OS. The van der Waals surface area contributed by atoms with Crippen molar-refractivity contribution >= 4 is 21.6 Å². The molecule has 4 nitrogen and oxygen atoms in total. The minimum atomic E-state index is 0.369. The number of nitrogens with zero attached hydrogens (tertiary/aromatic N) is 3. The Morgan fingerprint density at radius 2 is 1.89 bits per heavy atom. The zero-order chi connectivity index (χ0) is 18.1. The van der Waals surface area contributed by atoms with Crippen LogP contribution in [0.3, 0.4) is 0 Å². The molecule has 0 aliphatic carbocycles. The zero-order valence-electron chi connectivity index (χ0n) is 15.0. The molecule has 1 aliphatic heterocycles. The highest BCUT2D eigenvalue weighted by atomic mass is 32.1. The first kappa shape index (κ1) is 16.7. The predicted molar refractivity (Wildman–Crippen MR) is 109 cm³/mol. The SMILES string of the molecule is c1ccc(-c2cc(CN3CCCCC3c3nc4ccccc4s3)no2)cc1. The molecule has 0 spiro atoms. The molecule has 5 heteroatoms. The average Bonchev–Trinajstić information content (AvgIpc) is 3.36. The Morgan fingerprint density at radius 3 is 2.78 bits per heavy atom. The van der Waals surface area contributed by atoms with Gasteiger partial charge in [-0.2, -0.15) is 0 Å². The van der Waals surface area contributed by atoms with E-state index >= 15 is 0 Å². The fourth-order valence-corrected chi connectivity index (χ4v) is 4.96. The van der Waals surface area contributed by atoms with Crippen LogP contribution in [0.15, 0.2) is 65.2 Å². The van der Waals surface area contributed by atoms with Crippen LogP contribution >= 0.6 is 11.3 Å². The first-order valence-electron chi connectivity index (χ1n) is 9.47. The van der Waals surface area contributed by atoms with E-state index in [0.29, 0.717) is 6.04 Å². The number of likely N-dealkylation sites (tertiary alicyclic amines) is 1. The summed E-state index contributed by atoms with van der Waals surface area (Å²) in [7, 11) is 0. The van der Waals surface area contributed by atoms with Crippen molar-refractivity contribution in [2.45, 2.75) is 31.8 Å². The van der Waals surface area contributed by atoms with Crippen LogP contribution < -0.4 is 0 Å². The zero-order valence-corrected chi connectivity index (χ0v) is 15.9. The number of fused-ring (bicyclic) bond motifs is 1. The summed E-state index contributed by atoms with van der Waals surface area (Å²) >= 11 is 1.82. The Kier molecular flexibility index (Phi) is 4.47. The molecule has 5 rings (SSSR count). The first-order valence-corrected chi connectivity index (χ1v) is 10.3. The topological polar surface area (TPSA) is 42.2 Å². The lowest BCUT2D eigenvalue weighted by Gasteiger charge is -2.33. The molecule has 0 saturated carbocycles. The number of aromatic nitrogens is 2. The third kappa shape index (κ3) is 3.40. The maximum Gasteiger partial charge on any atom is 0.167 e. The van der Waals surface area contributed by atoms with Gasteiger partial charge in [0.25, 0.3) is 0 Å². The van der Waals surface area contributed by atoms with E-state index in [1.807, 2.05) is 29.5 Å². The van der Waals surface area contributed by atoms with Crippen LogP contribution in [0, 0.1) is 0 Å². The van der Waals surface area contributed by atoms with Crippen molar-refractivity contribution in [2.75, 3.05) is 6.54 Å². The van der Waals surface area contributed by atoms with Gasteiger partial charge in [-0.25, -0.2) is 4.98 Å². The van der Waals surface area contributed by atoms with E-state index in [0.717, 1.165) is 42.0 Å². The summed E-state index contributed by atoms with van der Waals surface area (Å²) in [4.78, 5) is 7.42. The number of rotatable bonds is 4. The van der Waals surface area contributed by atoms with E-state index in [-0.39, 0.29) is 0 Å². The van der Waals surface area contributed by atoms with Crippen molar-refractivity contribution in [1.82, 2.24) is 15.0 Å². The van der Waals surface area contributed by atoms with Crippen LogP contribution in [0.2, 0.25) is 0 Å². The van der Waals surface area contributed by atoms with Gasteiger partial charge in [0.15, 0.2) is 5.76 Å². The van der Waals surface area contributed by atoms with Gasteiger partial charge in [0.2, 0.25) is 0 Å². The number of hydrogen-bond donors (Lipinski definition) is 0. The first-order chi connectivity index (χ1) is 13.4. The van der Waals surface area contributed by atoms with E-state index in [4.69, 9.17) is 9.51 Å². The normalized spacial score (nSPS) is 18.1. The Labute approximate surface area is 162 Å². The largest absolute Gasteiger partial charge is 0.356 e. The average molecular weight is 375 g/mol. The van der Waals surface area contributed by atoms with Gasteiger partial charge in [-0.3, -0.25) is 4.90 Å². The molecule has 1 unspecified atom stereocenters. The highest BCUT2D eigenvalue weighted by Gasteiger charge is 2.27. The minimum Gasteiger partial charge on any atom is -0.356 e. The summed E-state index contributed by atoms with van der Waals surface area (Å²) in [6.07, 6.45) is 3.64. The molecular weight excluding hydrogens is 354 g/mol. The summed E-state index contributed by atoms with van der Waals surface area (Å²) in [6.45, 7) is 1.88. The second-order valence-corrected chi connectivity index (χ2v) is 8.11. The standard InChI is InChI=1S/C22H21N3OS/c1-2-8-16(9-3-1)20-14-17(24-26-20)15-25-13-7-6-11-19(25)22-23-18-10-4-5-12-21(18)27-22/h1-5,8-10,12,14,19H,6-7,11,13,15H2. The fourth-order valence-electron chi connectivity index (χ4n) is 3.83. The molecule has 3 heterocycles. The van der Waals surface area contributed by atoms with Crippen LogP contribution in [-0.2, 0) is 6.54 Å². The molecule has 4 aromatic rings. The monoisotopic (exact) mass is 375 g/mol. The number of benzene rings is 2. The molecule has 0 bridgehead atoms. The van der Waals surface area contributed by atoms with Gasteiger partial charge >= 0.3 is 0 Å². The summed E-state index contributed by atoms with van der Waals surface area (Å²) < 4.78 is 6.86. The third-order valence-corrected chi connectivity index (χ3v) is 6.33. The van der Waals surface area contributed by atoms with Crippen LogP contribution in [-0.4, -0.2) is 21.6 Å². The molecule has 27 heavy (non-hydrogen) atoms. The minimum absolute atomic E-state index is 0.369. The van der Waals surface area contributed by atoms with Crippen molar-refractivity contribution in [3.8, 4) is 11.3 Å². The lowest BCUT2D eigenvalue weighted by atomic mass is 10.0. The van der Waals surface area contributed by atoms with E-state index < -0.39 is 0 Å². The molecule has 0 radical (unpaired) electrons. The summed E-state index contributed by atoms with van der Waals surface area (Å²) in [5.74, 6) is 0.833. The van der Waals surface area contributed by atoms with Crippen LogP contribution in [0.25, 0.3) is 21.5 Å². The highest BCUT2D eigenvalue weighted by molar-refractivity contribution is 7.18. The molecule has 2 aromatic heterocycles. The van der Waals surface area contributed by atoms with Gasteiger partial charge in [0, 0.05) is 18.2 Å². The van der Waals surface area contributed by atoms with Crippen molar-refractivity contribution in [1.29, 1.82) is 0 Å². The van der Waals surface area contributed by atoms with Crippen molar-refractivity contribution < 1.29 is 4.52 Å². The molecule has 1 saturated heterocycles. The number of thiazole rings is 1. The van der Waals surface area contributed by atoms with Gasteiger partial charge in [-0.05, 0) is 31.5 Å². The lowest BCUT2D eigenvalue weighted by molar-refractivity contribution is 0.137. The number of para-hydroxylation sites is 1. The molecule has 0 N–H and O–H groups in total. The maximum atomic E-state index is 5.59. The Balaban J connectivity index is 1.39. The van der Waals surface area contributed by atoms with E-state index in [2.05, 4.69) is 52.5 Å². The summed E-state index contributed by atoms with van der Waals surface area (Å²) in [6, 6.07) is 21.0. The fraction of sp³-hybridized carbons (Fsp3) is 0.273. The molecule has 0 amide bonds. The predicted octanol–water partition coefficient (Wildman–Crippen LogP) is 5.68. The van der Waals surface area contributed by atoms with Gasteiger partial charge in [0.05, 0.1) is 22.0 Å². The Hall–Kier alpha value is -2.50. The van der Waals surface area contributed by atoms with Crippen LogP contribution in [0.1, 0.15) is 36.0 Å². The van der Waals surface area contributed by atoms with Gasteiger partial charge in [-0.1, -0.05) is 54.0 Å². The van der Waals surface area contributed by atoms with Crippen LogP contribution in [0.4, 0.5) is 0 Å². The Bertz CT molecular complexity index is 1010. The van der Waals surface area contributed by atoms with Crippen LogP contribution in [0.5, 0.6) is 0 Å². The van der Waals surface area contributed by atoms with Crippen molar-refractivity contribution in [3.63, 3.8) is 0 Å². The van der Waals surface area contributed by atoms with E-state index in [9.17, 15) is 0 Å².